The van der Waals surface area contributed by atoms with Crippen LogP contribution in [0.25, 0.3) is 0 Å². The van der Waals surface area contributed by atoms with Gasteiger partial charge in [0.05, 0.1) is 0 Å². The Morgan fingerprint density at radius 1 is 0.905 bits per heavy atom. The molecule has 2 rings (SSSR count). The molecule has 0 aliphatic heterocycles. The van der Waals surface area contributed by atoms with Crippen LogP contribution in [-0.2, 0) is 5.41 Å². The first kappa shape index (κ1) is 15.7. The molecule has 3 heteroatoms. The van der Waals surface area contributed by atoms with Gasteiger partial charge in [0.1, 0.15) is 0 Å². The Morgan fingerprint density at radius 3 is 1.86 bits per heavy atom. The first-order chi connectivity index (χ1) is 9.95. The fraction of sp³-hybridized carbons (Fsp3) is 0.222. The summed E-state index contributed by atoms with van der Waals surface area (Å²) in [6.07, 6.45) is 1.73. The summed E-state index contributed by atoms with van der Waals surface area (Å²) in [7, 11) is 0. The number of rotatable bonds is 4. The van der Waals surface area contributed by atoms with E-state index in [0.717, 1.165) is 27.1 Å². The van der Waals surface area contributed by atoms with Crippen LogP contribution in [-0.4, -0.2) is 27.5 Å². The Bertz CT molecular complexity index is 626. The molecule has 0 fully saturated rings. The molecule has 0 atom stereocenters. The second kappa shape index (κ2) is 6.38. The predicted octanol–water partition coefficient (Wildman–Crippen LogP) is 2.26. The van der Waals surface area contributed by atoms with Crippen molar-refractivity contribution < 1.29 is 9.59 Å². The first-order valence-electron chi connectivity index (χ1n) is 6.77. The van der Waals surface area contributed by atoms with E-state index in [1.807, 2.05) is 42.5 Å². The number of carbonyl (C=O) groups excluding carboxylic acids is 2. The van der Waals surface area contributed by atoms with Gasteiger partial charge in [-0.05, 0) is 0 Å². The SMILES string of the molecule is CC(C)(C)c1cc(C=O)c([Se]c2ccccc2)c(C=O)c1. The molecule has 0 amide bonds. The zero-order valence-electron chi connectivity index (χ0n) is 12.4. The van der Waals surface area contributed by atoms with Gasteiger partial charge >= 0.3 is 131 Å². The molecule has 0 aromatic heterocycles. The van der Waals surface area contributed by atoms with Gasteiger partial charge in [0.15, 0.2) is 0 Å². The minimum absolute atomic E-state index is 0.0514. The molecule has 2 nitrogen and oxygen atoms in total. The minimum atomic E-state index is -0.0895. The second-order valence-corrected chi connectivity index (χ2v) is 8.16. The van der Waals surface area contributed by atoms with E-state index >= 15 is 0 Å². The van der Waals surface area contributed by atoms with Crippen LogP contribution in [0.2, 0.25) is 0 Å². The van der Waals surface area contributed by atoms with Crippen molar-refractivity contribution in [3.05, 3.63) is 59.2 Å². The summed E-state index contributed by atoms with van der Waals surface area (Å²) >= 11 is -0.0514. The van der Waals surface area contributed by atoms with Crippen LogP contribution in [0.1, 0.15) is 47.1 Å². The van der Waals surface area contributed by atoms with Gasteiger partial charge in [-0.25, -0.2) is 0 Å². The molecule has 0 radical (unpaired) electrons. The van der Waals surface area contributed by atoms with Gasteiger partial charge in [0.2, 0.25) is 0 Å². The van der Waals surface area contributed by atoms with Gasteiger partial charge < -0.3 is 0 Å². The predicted molar refractivity (Wildman–Crippen MR) is 87.4 cm³/mol. The molecular formula is C18H18O2Se. The maximum atomic E-state index is 11.5. The number of benzene rings is 2. The zero-order chi connectivity index (χ0) is 15.5. The number of carbonyl (C=O) groups is 2. The molecule has 0 aliphatic carbocycles. The van der Waals surface area contributed by atoms with Gasteiger partial charge in [-0.1, -0.05) is 0 Å². The molecule has 0 spiro atoms. The van der Waals surface area contributed by atoms with Crippen LogP contribution in [0.15, 0.2) is 42.5 Å². The standard InChI is InChI=1S/C18H18O2Se/c1-18(2,3)15-9-13(11-19)17(14(10-15)12-20)21-16-7-5-4-6-8-16/h4-12H,1-3H3. The van der Waals surface area contributed by atoms with Crippen molar-refractivity contribution in [2.75, 3.05) is 0 Å². The molecule has 21 heavy (non-hydrogen) atoms. The van der Waals surface area contributed by atoms with Gasteiger partial charge in [-0.3, -0.25) is 0 Å². The normalized spacial score (nSPS) is 11.2. The molecule has 0 saturated heterocycles. The molecule has 0 heterocycles. The van der Waals surface area contributed by atoms with Gasteiger partial charge in [0.25, 0.3) is 0 Å². The molecule has 0 bridgehead atoms. The summed E-state index contributed by atoms with van der Waals surface area (Å²) in [6, 6.07) is 13.8. The average Bonchev–Trinajstić information content (AvgIpc) is 2.47. The van der Waals surface area contributed by atoms with E-state index in [9.17, 15) is 9.59 Å². The molecule has 2 aromatic carbocycles. The molecule has 0 aliphatic rings. The number of hydrogen-bond acceptors (Lipinski definition) is 2. The van der Waals surface area contributed by atoms with Gasteiger partial charge in [-0.15, -0.1) is 0 Å². The third kappa shape index (κ3) is 3.69. The van der Waals surface area contributed by atoms with E-state index in [1.54, 1.807) is 0 Å². The van der Waals surface area contributed by atoms with E-state index in [1.165, 1.54) is 0 Å². The van der Waals surface area contributed by atoms with E-state index in [-0.39, 0.29) is 20.4 Å². The van der Waals surface area contributed by atoms with Gasteiger partial charge in [-0.2, -0.15) is 0 Å². The van der Waals surface area contributed by atoms with Crippen LogP contribution >= 0.6 is 0 Å². The third-order valence-electron chi connectivity index (χ3n) is 3.23. The quantitative estimate of drug-likeness (QED) is 0.629. The summed E-state index contributed by atoms with van der Waals surface area (Å²) in [5.41, 5.74) is 2.19. The van der Waals surface area contributed by atoms with Crippen LogP contribution in [0.4, 0.5) is 0 Å². The monoisotopic (exact) mass is 346 g/mol. The second-order valence-electron chi connectivity index (χ2n) is 5.88. The fourth-order valence-electron chi connectivity index (χ4n) is 2.01. The van der Waals surface area contributed by atoms with Crippen LogP contribution in [0.5, 0.6) is 0 Å². The Labute approximate surface area is 131 Å². The average molecular weight is 345 g/mol. The van der Waals surface area contributed by atoms with Gasteiger partial charge in [0, 0.05) is 0 Å². The van der Waals surface area contributed by atoms with Crippen molar-refractivity contribution in [1.82, 2.24) is 0 Å². The van der Waals surface area contributed by atoms with Crippen LogP contribution < -0.4 is 8.92 Å². The molecular weight excluding hydrogens is 327 g/mol. The number of hydrogen-bond donors (Lipinski definition) is 0. The number of aldehydes is 2. The van der Waals surface area contributed by atoms with E-state index < -0.39 is 0 Å². The summed E-state index contributed by atoms with van der Waals surface area (Å²) in [4.78, 5) is 22.9. The Morgan fingerprint density at radius 2 is 1.43 bits per heavy atom. The summed E-state index contributed by atoms with van der Waals surface area (Å²) < 4.78 is 2.02. The Kier molecular flexibility index (Phi) is 4.76. The molecule has 0 N–H and O–H groups in total. The van der Waals surface area contributed by atoms with Crippen LogP contribution in [0, 0.1) is 0 Å². The van der Waals surface area contributed by atoms with Crippen molar-refractivity contribution in [2.45, 2.75) is 26.2 Å². The van der Waals surface area contributed by atoms with Crippen molar-refractivity contribution >= 4 is 36.5 Å². The molecule has 0 unspecified atom stereocenters. The fourth-order valence-corrected chi connectivity index (χ4v) is 4.06. The Balaban J connectivity index is 2.54. The summed E-state index contributed by atoms with van der Waals surface area (Å²) in [5.74, 6) is 0. The molecule has 2 aromatic rings. The van der Waals surface area contributed by atoms with E-state index in [2.05, 4.69) is 20.8 Å². The van der Waals surface area contributed by atoms with E-state index in [4.69, 9.17) is 0 Å². The zero-order valence-corrected chi connectivity index (χ0v) is 14.1. The van der Waals surface area contributed by atoms with Crippen molar-refractivity contribution in [3.8, 4) is 0 Å². The maximum absolute atomic E-state index is 11.5. The topological polar surface area (TPSA) is 34.1 Å². The molecule has 0 saturated carbocycles. The summed E-state index contributed by atoms with van der Waals surface area (Å²) in [6.45, 7) is 6.23. The van der Waals surface area contributed by atoms with Crippen molar-refractivity contribution in [2.24, 2.45) is 0 Å². The van der Waals surface area contributed by atoms with Crippen molar-refractivity contribution in [3.63, 3.8) is 0 Å². The van der Waals surface area contributed by atoms with E-state index in [0.29, 0.717) is 11.1 Å². The Hall–Kier alpha value is -1.70. The van der Waals surface area contributed by atoms with Crippen LogP contribution in [0.3, 0.4) is 0 Å². The summed E-state index contributed by atoms with van der Waals surface area (Å²) in [5, 5.41) is 0. The van der Waals surface area contributed by atoms with Crippen molar-refractivity contribution in [1.29, 1.82) is 0 Å². The molecule has 108 valence electrons. The first-order valence-corrected chi connectivity index (χ1v) is 8.49. The third-order valence-corrected chi connectivity index (χ3v) is 5.71.